The van der Waals surface area contributed by atoms with E-state index in [0.717, 1.165) is 0 Å². The summed E-state index contributed by atoms with van der Waals surface area (Å²) in [6.45, 7) is 4.38. The van der Waals surface area contributed by atoms with Crippen LogP contribution in [-0.4, -0.2) is 17.5 Å². The lowest BCUT2D eigenvalue weighted by atomic mass is 9.76. The molecule has 1 aliphatic rings. The number of cyclic esters (lactones) is 1. The van der Waals surface area contributed by atoms with Crippen LogP contribution < -0.4 is 0 Å². The summed E-state index contributed by atoms with van der Waals surface area (Å²) in [6.07, 6.45) is -0.191. The Morgan fingerprint density at radius 1 is 1.24 bits per heavy atom. The van der Waals surface area contributed by atoms with E-state index >= 15 is 0 Å². The Morgan fingerprint density at radius 3 is 2.33 bits per heavy atom. The number of carbonyl (C=O) groups excluding carboxylic acids is 3. The zero-order chi connectivity index (χ0) is 15.8. The summed E-state index contributed by atoms with van der Waals surface area (Å²) < 4.78 is 17.9. The van der Waals surface area contributed by atoms with Crippen molar-refractivity contribution >= 4 is 17.5 Å². The Bertz CT molecular complexity index is 657. The summed E-state index contributed by atoms with van der Waals surface area (Å²) in [4.78, 5) is 36.0. The molecule has 1 unspecified atom stereocenters. The Kier molecular flexibility index (Phi) is 3.77. The molecular formula is C16H15FO4. The third-order valence-corrected chi connectivity index (χ3v) is 3.63. The number of Topliss-reactive ketones (excluding diaryl/α,β-unsaturated/α-hetero) is 2. The maximum atomic E-state index is 12.9. The molecule has 0 radical (unpaired) electrons. The molecule has 110 valence electrons. The van der Waals surface area contributed by atoms with Gasteiger partial charge in [0.1, 0.15) is 17.0 Å². The zero-order valence-electron chi connectivity index (χ0n) is 12.0. The fourth-order valence-electron chi connectivity index (χ4n) is 2.65. The van der Waals surface area contributed by atoms with Gasteiger partial charge in [0.2, 0.25) is 0 Å². The Morgan fingerprint density at radius 2 is 1.81 bits per heavy atom. The molecule has 0 N–H and O–H groups in total. The van der Waals surface area contributed by atoms with Gasteiger partial charge in [-0.3, -0.25) is 14.4 Å². The van der Waals surface area contributed by atoms with Gasteiger partial charge in [-0.1, -0.05) is 0 Å². The lowest BCUT2D eigenvalue weighted by Crippen LogP contribution is -2.31. The Balaban J connectivity index is 2.32. The largest absolute Gasteiger partial charge is 0.430 e. The van der Waals surface area contributed by atoms with Gasteiger partial charge < -0.3 is 4.74 Å². The zero-order valence-corrected chi connectivity index (χ0v) is 12.0. The molecule has 2 rings (SSSR count). The highest BCUT2D eigenvalue weighted by Gasteiger charge is 2.49. The first-order valence-electron chi connectivity index (χ1n) is 6.49. The highest BCUT2D eigenvalue weighted by molar-refractivity contribution is 6.08. The average Bonchev–Trinajstić information content (AvgIpc) is 2.59. The molecule has 4 nitrogen and oxygen atoms in total. The van der Waals surface area contributed by atoms with E-state index in [2.05, 4.69) is 0 Å². The average molecular weight is 290 g/mol. The molecule has 1 heterocycles. The lowest BCUT2D eigenvalue weighted by Gasteiger charge is -2.21. The van der Waals surface area contributed by atoms with Crippen molar-refractivity contribution in [1.29, 1.82) is 0 Å². The minimum absolute atomic E-state index is 0.191. The standard InChI is InChI=1S/C16H15FO4/c1-9(18)14-10(2)21-15(20)16(14,3)8-13(19)11-4-6-12(17)7-5-11/h4-7H,8H2,1-3H3. The van der Waals surface area contributed by atoms with E-state index in [0.29, 0.717) is 0 Å². The van der Waals surface area contributed by atoms with Crippen molar-refractivity contribution in [2.24, 2.45) is 5.41 Å². The SMILES string of the molecule is CC(=O)C1=C(C)OC(=O)C1(C)CC(=O)c1ccc(F)cc1. The molecule has 1 aromatic carbocycles. The highest BCUT2D eigenvalue weighted by Crippen LogP contribution is 2.42. The van der Waals surface area contributed by atoms with E-state index in [4.69, 9.17) is 4.74 Å². The summed E-state index contributed by atoms with van der Waals surface area (Å²) in [7, 11) is 0. The second kappa shape index (κ2) is 5.24. The Hall–Kier alpha value is -2.30. The van der Waals surface area contributed by atoms with Crippen LogP contribution in [0.2, 0.25) is 0 Å². The van der Waals surface area contributed by atoms with Crippen LogP contribution in [0.15, 0.2) is 35.6 Å². The number of hydrogen-bond donors (Lipinski definition) is 0. The quantitative estimate of drug-likeness (QED) is 0.632. The van der Waals surface area contributed by atoms with Gasteiger partial charge in [0.25, 0.3) is 0 Å². The number of benzene rings is 1. The van der Waals surface area contributed by atoms with Gasteiger partial charge in [-0.15, -0.1) is 0 Å². The van der Waals surface area contributed by atoms with Gasteiger partial charge in [0.15, 0.2) is 11.6 Å². The molecule has 0 aromatic heterocycles. The number of ketones is 2. The number of hydrogen-bond acceptors (Lipinski definition) is 4. The minimum atomic E-state index is -1.29. The van der Waals surface area contributed by atoms with Crippen LogP contribution in [0.4, 0.5) is 4.39 Å². The number of esters is 1. The Labute approximate surface area is 121 Å². The van der Waals surface area contributed by atoms with Crippen LogP contribution in [0, 0.1) is 11.2 Å². The highest BCUT2D eigenvalue weighted by atomic mass is 19.1. The van der Waals surface area contributed by atoms with Gasteiger partial charge in [-0.05, 0) is 45.0 Å². The molecule has 0 saturated heterocycles. The summed E-state index contributed by atoms with van der Waals surface area (Å²) >= 11 is 0. The second-order valence-electron chi connectivity index (χ2n) is 5.32. The molecule has 1 aromatic rings. The van der Waals surface area contributed by atoms with E-state index in [9.17, 15) is 18.8 Å². The fourth-order valence-corrected chi connectivity index (χ4v) is 2.65. The molecule has 5 heteroatoms. The topological polar surface area (TPSA) is 60.4 Å². The number of halogens is 1. The summed E-state index contributed by atoms with van der Waals surface area (Å²) in [6, 6.07) is 5.06. The van der Waals surface area contributed by atoms with Crippen LogP contribution in [0.1, 0.15) is 37.6 Å². The first-order valence-corrected chi connectivity index (χ1v) is 6.49. The third kappa shape index (κ3) is 2.63. The smallest absolute Gasteiger partial charge is 0.322 e. The number of rotatable bonds is 4. The minimum Gasteiger partial charge on any atom is -0.430 e. The normalized spacial score (nSPS) is 21.4. The van der Waals surface area contributed by atoms with Gasteiger partial charge in [0.05, 0.1) is 5.57 Å². The van der Waals surface area contributed by atoms with Crippen molar-refractivity contribution in [3.8, 4) is 0 Å². The second-order valence-corrected chi connectivity index (χ2v) is 5.32. The molecule has 21 heavy (non-hydrogen) atoms. The molecule has 0 saturated carbocycles. The molecule has 0 aliphatic carbocycles. The van der Waals surface area contributed by atoms with Crippen molar-refractivity contribution in [1.82, 2.24) is 0 Å². The number of ether oxygens (including phenoxy) is 1. The number of carbonyl (C=O) groups is 3. The van der Waals surface area contributed by atoms with Crippen LogP contribution in [0.3, 0.4) is 0 Å². The van der Waals surface area contributed by atoms with Crippen LogP contribution in [0.5, 0.6) is 0 Å². The van der Waals surface area contributed by atoms with E-state index in [1.165, 1.54) is 45.0 Å². The summed E-state index contributed by atoms with van der Waals surface area (Å²) in [5.74, 6) is -1.46. The van der Waals surface area contributed by atoms with Crippen molar-refractivity contribution in [3.05, 3.63) is 47.0 Å². The molecule has 0 amide bonds. The van der Waals surface area contributed by atoms with Crippen molar-refractivity contribution in [3.63, 3.8) is 0 Å². The number of allylic oxidation sites excluding steroid dienone is 1. The maximum Gasteiger partial charge on any atom is 0.322 e. The van der Waals surface area contributed by atoms with Crippen LogP contribution >= 0.6 is 0 Å². The van der Waals surface area contributed by atoms with Gasteiger partial charge in [-0.25, -0.2) is 4.39 Å². The maximum absolute atomic E-state index is 12.9. The van der Waals surface area contributed by atoms with Crippen molar-refractivity contribution in [2.75, 3.05) is 0 Å². The van der Waals surface area contributed by atoms with Crippen LogP contribution in [0.25, 0.3) is 0 Å². The van der Waals surface area contributed by atoms with Crippen molar-refractivity contribution in [2.45, 2.75) is 27.2 Å². The summed E-state index contributed by atoms with van der Waals surface area (Å²) in [5, 5.41) is 0. The van der Waals surface area contributed by atoms with E-state index < -0.39 is 17.2 Å². The predicted molar refractivity (Wildman–Crippen MR) is 72.9 cm³/mol. The first kappa shape index (κ1) is 15.1. The monoisotopic (exact) mass is 290 g/mol. The third-order valence-electron chi connectivity index (χ3n) is 3.63. The molecule has 0 fully saturated rings. The molecule has 0 spiro atoms. The molecule has 1 atom stereocenters. The molecule has 0 bridgehead atoms. The van der Waals surface area contributed by atoms with E-state index in [1.807, 2.05) is 0 Å². The molecular weight excluding hydrogens is 275 g/mol. The summed E-state index contributed by atoms with van der Waals surface area (Å²) in [5.41, 5.74) is -0.776. The van der Waals surface area contributed by atoms with E-state index in [-0.39, 0.29) is 34.9 Å². The van der Waals surface area contributed by atoms with Gasteiger partial charge in [0, 0.05) is 12.0 Å². The first-order chi connectivity index (χ1) is 9.75. The van der Waals surface area contributed by atoms with Gasteiger partial charge in [-0.2, -0.15) is 0 Å². The van der Waals surface area contributed by atoms with Gasteiger partial charge >= 0.3 is 5.97 Å². The molecule has 1 aliphatic heterocycles. The van der Waals surface area contributed by atoms with Crippen molar-refractivity contribution < 1.29 is 23.5 Å². The van der Waals surface area contributed by atoms with Crippen LogP contribution in [-0.2, 0) is 14.3 Å². The lowest BCUT2D eigenvalue weighted by molar-refractivity contribution is -0.145. The fraction of sp³-hybridized carbons (Fsp3) is 0.312. The van der Waals surface area contributed by atoms with E-state index in [1.54, 1.807) is 0 Å². The predicted octanol–water partition coefficient (Wildman–Crippen LogP) is 2.82.